The summed E-state index contributed by atoms with van der Waals surface area (Å²) >= 11 is 6.02. The van der Waals surface area contributed by atoms with Gasteiger partial charge in [-0.2, -0.15) is 11.1 Å². The average Bonchev–Trinajstić information content (AvgIpc) is 2.26. The SMILES string of the molecule is CCN(CC)Cc1ccccc1[SiH2]Cl. The molecule has 0 atom stereocenters. The summed E-state index contributed by atoms with van der Waals surface area (Å²) in [4.78, 5) is 2.42. The molecule has 1 aromatic rings. The highest BCUT2D eigenvalue weighted by Crippen LogP contribution is 2.02. The van der Waals surface area contributed by atoms with Crippen LogP contribution in [-0.2, 0) is 6.54 Å². The van der Waals surface area contributed by atoms with Crippen molar-refractivity contribution in [2.75, 3.05) is 13.1 Å². The molecule has 0 spiro atoms. The van der Waals surface area contributed by atoms with E-state index in [0.717, 1.165) is 19.6 Å². The average molecular weight is 228 g/mol. The van der Waals surface area contributed by atoms with Gasteiger partial charge >= 0.3 is 0 Å². The lowest BCUT2D eigenvalue weighted by Crippen LogP contribution is -2.27. The first-order chi connectivity index (χ1) is 6.81. The van der Waals surface area contributed by atoms with E-state index in [9.17, 15) is 0 Å². The number of hydrogen-bond acceptors (Lipinski definition) is 1. The molecule has 1 nitrogen and oxygen atoms in total. The molecular formula is C11H18ClNSi. The van der Waals surface area contributed by atoms with E-state index in [1.807, 2.05) is 0 Å². The molecule has 0 saturated heterocycles. The maximum absolute atomic E-state index is 6.02. The molecule has 0 saturated carbocycles. The second-order valence-corrected chi connectivity index (χ2v) is 5.19. The minimum absolute atomic E-state index is 0.550. The minimum atomic E-state index is -0.550. The molecule has 14 heavy (non-hydrogen) atoms. The molecule has 3 heteroatoms. The molecule has 0 bridgehead atoms. The van der Waals surface area contributed by atoms with Gasteiger partial charge in [0.2, 0.25) is 0 Å². The predicted molar refractivity (Wildman–Crippen MR) is 67.1 cm³/mol. The highest BCUT2D eigenvalue weighted by Gasteiger charge is 2.04. The highest BCUT2D eigenvalue weighted by atomic mass is 35.6. The summed E-state index contributed by atoms with van der Waals surface area (Å²) in [5.74, 6) is 0. The number of halogens is 1. The zero-order chi connectivity index (χ0) is 10.4. The zero-order valence-corrected chi connectivity index (χ0v) is 11.1. The lowest BCUT2D eigenvalue weighted by atomic mass is 10.2. The van der Waals surface area contributed by atoms with E-state index < -0.39 is 8.83 Å². The smallest absolute Gasteiger partial charge is 0.156 e. The van der Waals surface area contributed by atoms with Crippen LogP contribution in [0.5, 0.6) is 0 Å². The van der Waals surface area contributed by atoms with Crippen molar-refractivity contribution >= 4 is 25.1 Å². The van der Waals surface area contributed by atoms with E-state index in [1.54, 1.807) is 0 Å². The van der Waals surface area contributed by atoms with Crippen LogP contribution in [-0.4, -0.2) is 26.8 Å². The van der Waals surface area contributed by atoms with Gasteiger partial charge in [0, 0.05) is 6.54 Å². The molecule has 0 heterocycles. The first-order valence-electron chi connectivity index (χ1n) is 5.16. The molecular weight excluding hydrogens is 210 g/mol. The Morgan fingerprint density at radius 1 is 1.21 bits per heavy atom. The lowest BCUT2D eigenvalue weighted by molar-refractivity contribution is 0.296. The maximum Gasteiger partial charge on any atom is 0.156 e. The van der Waals surface area contributed by atoms with Crippen LogP contribution in [0.2, 0.25) is 0 Å². The Morgan fingerprint density at radius 3 is 2.43 bits per heavy atom. The Labute approximate surface area is 93.6 Å². The monoisotopic (exact) mass is 227 g/mol. The fraction of sp³-hybridized carbons (Fsp3) is 0.455. The summed E-state index contributed by atoms with van der Waals surface area (Å²) in [7, 11) is -0.550. The van der Waals surface area contributed by atoms with Crippen LogP contribution in [0, 0.1) is 0 Å². The third-order valence-electron chi connectivity index (χ3n) is 2.55. The highest BCUT2D eigenvalue weighted by molar-refractivity contribution is 7.01. The van der Waals surface area contributed by atoms with Crippen LogP contribution in [0.15, 0.2) is 24.3 Å². The van der Waals surface area contributed by atoms with Gasteiger partial charge in [0.1, 0.15) is 0 Å². The van der Waals surface area contributed by atoms with E-state index in [4.69, 9.17) is 11.1 Å². The van der Waals surface area contributed by atoms with Gasteiger partial charge in [0.25, 0.3) is 0 Å². The van der Waals surface area contributed by atoms with E-state index in [1.165, 1.54) is 10.8 Å². The topological polar surface area (TPSA) is 3.24 Å². The van der Waals surface area contributed by atoms with Crippen molar-refractivity contribution in [2.24, 2.45) is 0 Å². The second kappa shape index (κ2) is 6.22. The van der Waals surface area contributed by atoms with Gasteiger partial charge in [-0.15, -0.1) is 0 Å². The van der Waals surface area contributed by atoms with Gasteiger partial charge in [-0.3, -0.25) is 4.90 Å². The lowest BCUT2D eigenvalue weighted by Gasteiger charge is -2.19. The second-order valence-electron chi connectivity index (χ2n) is 3.36. The Balaban J connectivity index is 2.74. The van der Waals surface area contributed by atoms with Gasteiger partial charge in [0.05, 0.1) is 0 Å². The van der Waals surface area contributed by atoms with Crippen molar-refractivity contribution in [3.63, 3.8) is 0 Å². The normalized spacial score (nSPS) is 11.7. The van der Waals surface area contributed by atoms with E-state index in [2.05, 4.69) is 43.0 Å². The van der Waals surface area contributed by atoms with Gasteiger partial charge in [-0.05, 0) is 23.8 Å². The Kier molecular flexibility index (Phi) is 5.23. The molecule has 0 aliphatic heterocycles. The van der Waals surface area contributed by atoms with E-state index in [0.29, 0.717) is 0 Å². The first-order valence-corrected chi connectivity index (χ1v) is 8.01. The molecule has 0 N–H and O–H groups in total. The van der Waals surface area contributed by atoms with Crippen molar-refractivity contribution in [1.29, 1.82) is 0 Å². The van der Waals surface area contributed by atoms with Gasteiger partial charge < -0.3 is 0 Å². The molecule has 0 aliphatic rings. The van der Waals surface area contributed by atoms with Gasteiger partial charge in [-0.25, -0.2) is 0 Å². The largest absolute Gasteiger partial charge is 0.300 e. The Hall–Kier alpha value is -0.313. The van der Waals surface area contributed by atoms with E-state index >= 15 is 0 Å². The van der Waals surface area contributed by atoms with Crippen LogP contribution in [0.3, 0.4) is 0 Å². The van der Waals surface area contributed by atoms with Gasteiger partial charge in [-0.1, -0.05) is 38.1 Å². The number of benzene rings is 1. The van der Waals surface area contributed by atoms with E-state index in [-0.39, 0.29) is 0 Å². The van der Waals surface area contributed by atoms with Gasteiger partial charge in [0.15, 0.2) is 8.83 Å². The molecule has 0 aliphatic carbocycles. The zero-order valence-electron chi connectivity index (χ0n) is 8.96. The van der Waals surface area contributed by atoms with Crippen molar-refractivity contribution in [2.45, 2.75) is 20.4 Å². The Morgan fingerprint density at radius 2 is 1.86 bits per heavy atom. The van der Waals surface area contributed by atoms with Crippen LogP contribution >= 0.6 is 11.1 Å². The quantitative estimate of drug-likeness (QED) is 0.544. The minimum Gasteiger partial charge on any atom is -0.300 e. The molecule has 78 valence electrons. The van der Waals surface area contributed by atoms with Crippen molar-refractivity contribution in [3.8, 4) is 0 Å². The van der Waals surface area contributed by atoms with Crippen molar-refractivity contribution in [3.05, 3.63) is 29.8 Å². The summed E-state index contributed by atoms with van der Waals surface area (Å²) in [6, 6.07) is 8.54. The molecule has 1 rings (SSSR count). The standard InChI is InChI=1S/C11H18ClNSi/c1-3-13(4-2)9-10-7-5-6-8-11(10)14-12/h5-8H,3-4,9,14H2,1-2H3. The van der Waals surface area contributed by atoms with Crippen molar-refractivity contribution in [1.82, 2.24) is 4.90 Å². The third-order valence-corrected chi connectivity index (χ3v) is 4.39. The van der Waals surface area contributed by atoms with Crippen molar-refractivity contribution < 1.29 is 0 Å². The summed E-state index contributed by atoms with van der Waals surface area (Å²) in [5.41, 5.74) is 1.41. The molecule has 0 amide bonds. The number of rotatable bonds is 5. The third kappa shape index (κ3) is 3.12. The maximum atomic E-state index is 6.02. The fourth-order valence-corrected chi connectivity index (χ4v) is 2.94. The van der Waals surface area contributed by atoms with Crippen LogP contribution < -0.4 is 5.19 Å². The Bertz CT molecular complexity index is 274. The number of hydrogen-bond donors (Lipinski definition) is 0. The summed E-state index contributed by atoms with van der Waals surface area (Å²) in [6.45, 7) is 7.65. The molecule has 0 radical (unpaired) electrons. The van der Waals surface area contributed by atoms with Crippen LogP contribution in [0.4, 0.5) is 0 Å². The summed E-state index contributed by atoms with van der Waals surface area (Å²) in [6.07, 6.45) is 0. The molecule has 0 fully saturated rings. The van der Waals surface area contributed by atoms with Crippen LogP contribution in [0.25, 0.3) is 0 Å². The molecule has 1 aromatic carbocycles. The summed E-state index contributed by atoms with van der Waals surface area (Å²) < 4.78 is 0. The predicted octanol–water partition coefficient (Wildman–Crippen LogP) is 1.48. The molecule has 0 unspecified atom stereocenters. The summed E-state index contributed by atoms with van der Waals surface area (Å²) in [5, 5.41) is 1.39. The fourth-order valence-electron chi connectivity index (χ4n) is 1.53. The number of nitrogens with zero attached hydrogens (tertiary/aromatic N) is 1. The van der Waals surface area contributed by atoms with Crippen LogP contribution in [0.1, 0.15) is 19.4 Å². The first kappa shape index (κ1) is 11.8. The molecule has 0 aromatic heterocycles.